The number of nitrogens with one attached hydrogen (secondary N) is 1. The van der Waals surface area contributed by atoms with Crippen molar-refractivity contribution in [2.45, 2.75) is 64.7 Å². The van der Waals surface area contributed by atoms with Gasteiger partial charge < -0.3 is 11.5 Å². The number of hydrogen-bond acceptors (Lipinski definition) is 2. The van der Waals surface area contributed by atoms with Crippen LogP contribution in [0.4, 0.5) is 0 Å². The van der Waals surface area contributed by atoms with E-state index >= 15 is 0 Å². The molecule has 25 heavy (non-hydrogen) atoms. The van der Waals surface area contributed by atoms with Crippen molar-refractivity contribution in [1.29, 1.82) is 0 Å². The van der Waals surface area contributed by atoms with E-state index in [1.54, 1.807) is 0 Å². The second-order valence-electron chi connectivity index (χ2n) is 6.37. The first-order valence-electron chi connectivity index (χ1n) is 9.63. The maximum absolute atomic E-state index is 5.83. The molecular weight excluding hydrogens is 310 g/mol. The molecule has 5 heteroatoms. The van der Waals surface area contributed by atoms with E-state index in [9.17, 15) is 0 Å². The zero-order chi connectivity index (χ0) is 18.2. The minimum Gasteiger partial charge on any atom is -0.370 e. The van der Waals surface area contributed by atoms with Crippen molar-refractivity contribution in [2.24, 2.45) is 21.5 Å². The van der Waals surface area contributed by atoms with Gasteiger partial charge in [0.25, 0.3) is 0 Å². The molecule has 0 atom stereocenters. The molecule has 0 radical (unpaired) electrons. The van der Waals surface area contributed by atoms with Crippen LogP contribution in [0.2, 0.25) is 0 Å². The third-order valence-electron chi connectivity index (χ3n) is 4.08. The van der Waals surface area contributed by atoms with E-state index in [4.69, 9.17) is 11.5 Å². The molecule has 0 aliphatic heterocycles. The zero-order valence-electron chi connectivity index (χ0n) is 15.7. The molecule has 5 N–H and O–H groups in total. The van der Waals surface area contributed by atoms with Crippen LogP contribution in [0.5, 0.6) is 0 Å². The number of nitrogens with zero attached hydrogens (tertiary/aromatic N) is 2. The van der Waals surface area contributed by atoms with Gasteiger partial charge in [0.1, 0.15) is 0 Å². The predicted molar refractivity (Wildman–Crippen MR) is 109 cm³/mol. The molecule has 0 aliphatic rings. The topological polar surface area (TPSA) is 88.8 Å². The highest BCUT2D eigenvalue weighted by Crippen LogP contribution is 2.08. The van der Waals surface area contributed by atoms with Crippen LogP contribution in [0.1, 0.15) is 63.9 Å². The predicted octanol–water partition coefficient (Wildman–Crippen LogP) is 3.59. The molecule has 0 amide bonds. The SMILES string of the molecule is CCCCCCCCCCN=C(N)NC(N)=NCCc1ccccc1. The molecule has 0 unspecified atom stereocenters. The van der Waals surface area contributed by atoms with E-state index in [0.29, 0.717) is 18.5 Å². The summed E-state index contributed by atoms with van der Waals surface area (Å²) in [5, 5.41) is 2.85. The Morgan fingerprint density at radius 1 is 0.800 bits per heavy atom. The Hall–Kier alpha value is -2.04. The van der Waals surface area contributed by atoms with Gasteiger partial charge in [-0.2, -0.15) is 0 Å². The Kier molecular flexibility index (Phi) is 12.0. The normalized spacial score (nSPS) is 12.4. The molecule has 1 rings (SSSR count). The quantitative estimate of drug-likeness (QED) is 0.307. The van der Waals surface area contributed by atoms with Crippen molar-refractivity contribution < 1.29 is 0 Å². The van der Waals surface area contributed by atoms with Crippen LogP contribution in [-0.4, -0.2) is 25.0 Å². The average molecular weight is 346 g/mol. The van der Waals surface area contributed by atoms with E-state index in [0.717, 1.165) is 19.4 Å². The number of aliphatic imine (C=N–C) groups is 2. The van der Waals surface area contributed by atoms with Gasteiger partial charge >= 0.3 is 0 Å². The third-order valence-corrected chi connectivity index (χ3v) is 4.08. The van der Waals surface area contributed by atoms with Gasteiger partial charge in [-0.3, -0.25) is 15.3 Å². The molecule has 0 bridgehead atoms. The fourth-order valence-electron chi connectivity index (χ4n) is 2.61. The van der Waals surface area contributed by atoms with Crippen LogP contribution in [0.3, 0.4) is 0 Å². The van der Waals surface area contributed by atoms with Crippen molar-refractivity contribution in [3.05, 3.63) is 35.9 Å². The van der Waals surface area contributed by atoms with E-state index in [-0.39, 0.29) is 0 Å². The number of benzene rings is 1. The zero-order valence-corrected chi connectivity index (χ0v) is 15.7. The van der Waals surface area contributed by atoms with Crippen molar-refractivity contribution in [3.63, 3.8) is 0 Å². The summed E-state index contributed by atoms with van der Waals surface area (Å²) in [6.45, 7) is 3.62. The fraction of sp³-hybridized carbons (Fsp3) is 0.600. The number of guanidine groups is 2. The maximum atomic E-state index is 5.83. The maximum Gasteiger partial charge on any atom is 0.195 e. The molecule has 1 aromatic rings. The Balaban J connectivity index is 2.08. The third kappa shape index (κ3) is 12.0. The molecule has 140 valence electrons. The van der Waals surface area contributed by atoms with Gasteiger partial charge in [0.2, 0.25) is 0 Å². The molecule has 0 aromatic heterocycles. The minimum absolute atomic E-state index is 0.327. The van der Waals surface area contributed by atoms with Gasteiger partial charge in [-0.1, -0.05) is 82.2 Å². The Morgan fingerprint density at radius 3 is 2.00 bits per heavy atom. The first kappa shape index (κ1) is 21.0. The van der Waals surface area contributed by atoms with Gasteiger partial charge in [0.15, 0.2) is 11.9 Å². The van der Waals surface area contributed by atoms with Gasteiger partial charge in [-0.05, 0) is 18.4 Å². The Bertz CT molecular complexity index is 496. The van der Waals surface area contributed by atoms with Crippen LogP contribution < -0.4 is 16.8 Å². The Morgan fingerprint density at radius 2 is 1.36 bits per heavy atom. The summed E-state index contributed by atoms with van der Waals surface area (Å²) >= 11 is 0. The van der Waals surface area contributed by atoms with Crippen molar-refractivity contribution in [1.82, 2.24) is 5.32 Å². The molecule has 0 saturated carbocycles. The molecule has 0 aliphatic carbocycles. The van der Waals surface area contributed by atoms with Crippen LogP contribution in [0.15, 0.2) is 40.3 Å². The number of nitrogens with two attached hydrogens (primary N) is 2. The van der Waals surface area contributed by atoms with Crippen LogP contribution in [-0.2, 0) is 6.42 Å². The molecule has 0 saturated heterocycles. The van der Waals surface area contributed by atoms with Gasteiger partial charge in [-0.25, -0.2) is 0 Å². The van der Waals surface area contributed by atoms with Crippen LogP contribution in [0, 0.1) is 0 Å². The monoisotopic (exact) mass is 345 g/mol. The summed E-state index contributed by atoms with van der Waals surface area (Å²) in [5.74, 6) is 0.678. The number of unbranched alkanes of at least 4 members (excludes halogenated alkanes) is 7. The molecule has 0 spiro atoms. The van der Waals surface area contributed by atoms with E-state index < -0.39 is 0 Å². The van der Waals surface area contributed by atoms with Gasteiger partial charge in [0.05, 0.1) is 0 Å². The van der Waals surface area contributed by atoms with Crippen LogP contribution >= 0.6 is 0 Å². The summed E-state index contributed by atoms with van der Waals surface area (Å²) in [6, 6.07) is 10.2. The molecule has 5 nitrogen and oxygen atoms in total. The molecular formula is C20H35N5. The number of rotatable bonds is 12. The lowest BCUT2D eigenvalue weighted by atomic mass is 10.1. The average Bonchev–Trinajstić information content (AvgIpc) is 2.61. The lowest BCUT2D eigenvalue weighted by Gasteiger charge is -2.05. The van der Waals surface area contributed by atoms with Crippen molar-refractivity contribution in [2.75, 3.05) is 13.1 Å². The van der Waals surface area contributed by atoms with E-state index in [2.05, 4.69) is 34.4 Å². The minimum atomic E-state index is 0.327. The lowest BCUT2D eigenvalue weighted by Crippen LogP contribution is -2.41. The van der Waals surface area contributed by atoms with Crippen molar-refractivity contribution in [3.8, 4) is 0 Å². The summed E-state index contributed by atoms with van der Waals surface area (Å²) in [6.07, 6.45) is 11.2. The Labute approximate surface area is 153 Å². The second-order valence-corrected chi connectivity index (χ2v) is 6.37. The summed E-state index contributed by atoms with van der Waals surface area (Å²) in [7, 11) is 0. The second kappa shape index (κ2) is 14.3. The van der Waals surface area contributed by atoms with Crippen molar-refractivity contribution >= 4 is 11.9 Å². The highest BCUT2D eigenvalue weighted by molar-refractivity contribution is 5.97. The lowest BCUT2D eigenvalue weighted by molar-refractivity contribution is 0.578. The van der Waals surface area contributed by atoms with Gasteiger partial charge in [0, 0.05) is 13.1 Å². The summed E-state index contributed by atoms with van der Waals surface area (Å²) in [5.41, 5.74) is 12.9. The first-order chi connectivity index (χ1) is 12.2. The fourth-order valence-corrected chi connectivity index (χ4v) is 2.61. The smallest absolute Gasteiger partial charge is 0.195 e. The molecule has 0 heterocycles. The molecule has 1 aromatic carbocycles. The largest absolute Gasteiger partial charge is 0.370 e. The van der Waals surface area contributed by atoms with E-state index in [1.165, 1.54) is 50.5 Å². The highest BCUT2D eigenvalue weighted by Gasteiger charge is 1.96. The number of hydrogen-bond donors (Lipinski definition) is 3. The summed E-state index contributed by atoms with van der Waals surface area (Å²) < 4.78 is 0. The molecule has 0 fully saturated rings. The first-order valence-corrected chi connectivity index (χ1v) is 9.63. The standard InChI is InChI=1S/C20H35N5/c1-2-3-4-5-6-7-8-12-16-23-19(21)25-20(22)24-17-15-18-13-10-9-11-14-18/h9-11,13-14H,2-8,12,15-17H2,1H3,(H5,21,22,23,24,25). The summed E-state index contributed by atoms with van der Waals surface area (Å²) in [4.78, 5) is 8.58. The van der Waals surface area contributed by atoms with Gasteiger partial charge in [-0.15, -0.1) is 0 Å². The van der Waals surface area contributed by atoms with Crippen LogP contribution in [0.25, 0.3) is 0 Å². The van der Waals surface area contributed by atoms with E-state index in [1.807, 2.05) is 18.2 Å². The highest BCUT2D eigenvalue weighted by atomic mass is 15.2.